The highest BCUT2D eigenvalue weighted by molar-refractivity contribution is 5.92. The lowest BCUT2D eigenvalue weighted by Gasteiger charge is -2.15. The second-order valence-corrected chi connectivity index (χ2v) is 5.47. The van der Waals surface area contributed by atoms with Gasteiger partial charge in [0.1, 0.15) is 0 Å². The fraction of sp³-hybridized carbons (Fsp3) is 0.643. The summed E-state index contributed by atoms with van der Waals surface area (Å²) in [6.45, 7) is 3.78. The van der Waals surface area contributed by atoms with Gasteiger partial charge in [-0.05, 0) is 44.4 Å². The lowest BCUT2D eigenvalue weighted by molar-refractivity contribution is 0.0944. The van der Waals surface area contributed by atoms with Crippen molar-refractivity contribution in [1.29, 1.82) is 0 Å². The molecular weight excluding hydrogens is 325 g/mol. The first-order valence-electron chi connectivity index (χ1n) is 7.43. The Morgan fingerprint density at radius 3 is 2.59 bits per heavy atom. The average Bonchev–Trinajstić information content (AvgIpc) is 3.18. The van der Waals surface area contributed by atoms with Gasteiger partial charge in [0.25, 0.3) is 5.91 Å². The molecule has 1 atom stereocenters. The van der Waals surface area contributed by atoms with E-state index in [0.717, 1.165) is 31.9 Å². The molecule has 1 aromatic rings. The van der Waals surface area contributed by atoms with E-state index in [1.807, 2.05) is 6.07 Å². The number of carbonyl (C=O) groups excluding carboxylic acids is 1. The fourth-order valence-electron chi connectivity index (χ4n) is 2.80. The minimum Gasteiger partial charge on any atom is -0.355 e. The molecule has 1 unspecified atom stereocenters. The van der Waals surface area contributed by atoms with Crippen molar-refractivity contribution in [2.45, 2.75) is 31.7 Å². The van der Waals surface area contributed by atoms with Crippen molar-refractivity contribution in [2.75, 3.05) is 31.1 Å². The zero-order valence-electron chi connectivity index (χ0n) is 12.5. The van der Waals surface area contributed by atoms with E-state index in [0.29, 0.717) is 18.3 Å². The molecule has 0 radical (unpaired) electrons. The molecule has 0 bridgehead atoms. The smallest absolute Gasteiger partial charge is 0.271 e. The van der Waals surface area contributed by atoms with E-state index in [9.17, 15) is 4.79 Å². The van der Waals surface area contributed by atoms with Gasteiger partial charge in [-0.25, -0.2) is 0 Å². The largest absolute Gasteiger partial charge is 0.355 e. The highest BCUT2D eigenvalue weighted by Crippen LogP contribution is 2.16. The van der Waals surface area contributed by atoms with Crippen LogP contribution in [0.4, 0.5) is 5.82 Å². The van der Waals surface area contributed by atoms with Crippen LogP contribution in [-0.2, 0) is 0 Å². The third-order valence-corrected chi connectivity index (χ3v) is 3.98. The highest BCUT2D eigenvalue weighted by Gasteiger charge is 2.17. The van der Waals surface area contributed by atoms with E-state index in [-0.39, 0.29) is 30.7 Å². The Morgan fingerprint density at radius 1 is 1.23 bits per heavy atom. The first-order valence-corrected chi connectivity index (χ1v) is 7.43. The molecule has 0 saturated carbocycles. The number of hydrogen-bond donors (Lipinski definition) is 2. The monoisotopic (exact) mass is 347 g/mol. The van der Waals surface area contributed by atoms with Crippen molar-refractivity contribution in [3.8, 4) is 0 Å². The molecule has 0 spiro atoms. The number of rotatable bonds is 4. The Morgan fingerprint density at radius 2 is 2.00 bits per heavy atom. The van der Waals surface area contributed by atoms with Gasteiger partial charge in [-0.15, -0.1) is 35.0 Å². The predicted octanol–water partition coefficient (Wildman–Crippen LogP) is 1.40. The van der Waals surface area contributed by atoms with Crippen LogP contribution in [0, 0.1) is 0 Å². The second-order valence-electron chi connectivity index (χ2n) is 5.47. The number of carbonyl (C=O) groups is 1. The molecular formula is C14H23Cl2N5O. The molecule has 0 aliphatic carbocycles. The van der Waals surface area contributed by atoms with Crippen LogP contribution in [0.3, 0.4) is 0 Å². The molecule has 2 aliphatic rings. The Kier molecular flexibility index (Phi) is 7.85. The third-order valence-electron chi connectivity index (χ3n) is 3.98. The van der Waals surface area contributed by atoms with Crippen LogP contribution in [0.2, 0.25) is 0 Å². The molecule has 3 heterocycles. The molecule has 2 N–H and O–H groups in total. The zero-order chi connectivity index (χ0) is 13.8. The Labute approximate surface area is 143 Å². The van der Waals surface area contributed by atoms with Gasteiger partial charge in [0.2, 0.25) is 0 Å². The molecule has 1 aromatic heterocycles. The van der Waals surface area contributed by atoms with Crippen LogP contribution >= 0.6 is 24.8 Å². The Bertz CT molecular complexity index is 459. The van der Waals surface area contributed by atoms with E-state index in [2.05, 4.69) is 25.7 Å². The van der Waals surface area contributed by atoms with Gasteiger partial charge in [-0.3, -0.25) is 4.79 Å². The van der Waals surface area contributed by atoms with Crippen LogP contribution in [0.1, 0.15) is 36.2 Å². The Balaban J connectivity index is 0.00000121. The van der Waals surface area contributed by atoms with E-state index in [1.54, 1.807) is 6.07 Å². The van der Waals surface area contributed by atoms with Gasteiger partial charge in [0.15, 0.2) is 11.5 Å². The van der Waals surface area contributed by atoms with Gasteiger partial charge in [0, 0.05) is 25.7 Å². The molecule has 2 saturated heterocycles. The van der Waals surface area contributed by atoms with Crippen molar-refractivity contribution >= 4 is 36.5 Å². The topological polar surface area (TPSA) is 70.2 Å². The van der Waals surface area contributed by atoms with Crippen LogP contribution in [0.5, 0.6) is 0 Å². The lowest BCUT2D eigenvalue weighted by Crippen LogP contribution is -2.37. The van der Waals surface area contributed by atoms with Gasteiger partial charge in [-0.1, -0.05) is 0 Å². The lowest BCUT2D eigenvalue weighted by atomic mass is 10.2. The van der Waals surface area contributed by atoms with Crippen molar-refractivity contribution in [2.24, 2.45) is 0 Å². The van der Waals surface area contributed by atoms with Crippen LogP contribution < -0.4 is 15.5 Å². The number of halogens is 2. The molecule has 22 heavy (non-hydrogen) atoms. The number of nitrogens with one attached hydrogen (secondary N) is 2. The molecule has 1 amide bonds. The molecule has 6 nitrogen and oxygen atoms in total. The summed E-state index contributed by atoms with van der Waals surface area (Å²) >= 11 is 0. The van der Waals surface area contributed by atoms with E-state index in [4.69, 9.17) is 0 Å². The summed E-state index contributed by atoms with van der Waals surface area (Å²) in [6.07, 6.45) is 4.72. The maximum atomic E-state index is 12.0. The van der Waals surface area contributed by atoms with Crippen molar-refractivity contribution in [3.05, 3.63) is 17.8 Å². The first-order chi connectivity index (χ1) is 9.83. The number of anilines is 1. The normalized spacial score (nSPS) is 20.2. The summed E-state index contributed by atoms with van der Waals surface area (Å²) in [4.78, 5) is 14.2. The van der Waals surface area contributed by atoms with E-state index in [1.165, 1.54) is 19.3 Å². The van der Waals surface area contributed by atoms with Crippen molar-refractivity contribution in [1.82, 2.24) is 20.8 Å². The second kappa shape index (κ2) is 9.12. The maximum Gasteiger partial charge on any atom is 0.271 e. The molecule has 8 heteroatoms. The predicted molar refractivity (Wildman–Crippen MR) is 91.3 cm³/mol. The minimum absolute atomic E-state index is 0. The fourth-order valence-corrected chi connectivity index (χ4v) is 2.80. The summed E-state index contributed by atoms with van der Waals surface area (Å²) in [5.74, 6) is 0.732. The third kappa shape index (κ3) is 4.69. The zero-order valence-corrected chi connectivity index (χ0v) is 14.1. The standard InChI is InChI=1S/C14H21N5O.2ClH/c20-14(16-10-11-4-3-7-15-11)12-5-6-13(18-17-12)19-8-1-2-9-19;;/h5-6,11,15H,1-4,7-10H2,(H,16,20);2*1H. The summed E-state index contributed by atoms with van der Waals surface area (Å²) in [6, 6.07) is 4.05. The van der Waals surface area contributed by atoms with Gasteiger partial charge >= 0.3 is 0 Å². The summed E-state index contributed by atoms with van der Waals surface area (Å²) in [5.41, 5.74) is 0.394. The number of aromatic nitrogens is 2. The summed E-state index contributed by atoms with van der Waals surface area (Å²) < 4.78 is 0. The van der Waals surface area contributed by atoms with E-state index < -0.39 is 0 Å². The summed E-state index contributed by atoms with van der Waals surface area (Å²) in [5, 5.41) is 14.5. The maximum absolute atomic E-state index is 12.0. The van der Waals surface area contributed by atoms with Gasteiger partial charge < -0.3 is 15.5 Å². The van der Waals surface area contributed by atoms with Crippen molar-refractivity contribution < 1.29 is 4.79 Å². The quantitative estimate of drug-likeness (QED) is 0.861. The van der Waals surface area contributed by atoms with Gasteiger partial charge in [0.05, 0.1) is 0 Å². The molecule has 0 aromatic carbocycles. The van der Waals surface area contributed by atoms with Crippen LogP contribution in [0.15, 0.2) is 12.1 Å². The number of hydrogen-bond acceptors (Lipinski definition) is 5. The first kappa shape index (κ1) is 18.9. The van der Waals surface area contributed by atoms with Crippen LogP contribution in [-0.4, -0.2) is 48.3 Å². The molecule has 2 fully saturated rings. The summed E-state index contributed by atoms with van der Waals surface area (Å²) in [7, 11) is 0. The SMILES string of the molecule is Cl.Cl.O=C(NCC1CCCN1)c1ccc(N2CCCC2)nn1. The Hall–Kier alpha value is -1.11. The molecule has 124 valence electrons. The molecule has 2 aliphatic heterocycles. The van der Waals surface area contributed by atoms with Crippen LogP contribution in [0.25, 0.3) is 0 Å². The number of amides is 1. The molecule has 3 rings (SSSR count). The highest BCUT2D eigenvalue weighted by atomic mass is 35.5. The van der Waals surface area contributed by atoms with E-state index >= 15 is 0 Å². The average molecular weight is 348 g/mol. The van der Waals surface area contributed by atoms with Gasteiger partial charge in [-0.2, -0.15) is 0 Å². The number of nitrogens with zero attached hydrogens (tertiary/aromatic N) is 3. The minimum atomic E-state index is -0.140. The van der Waals surface area contributed by atoms with Crippen molar-refractivity contribution in [3.63, 3.8) is 0 Å².